The van der Waals surface area contributed by atoms with E-state index in [2.05, 4.69) is 25.2 Å². The van der Waals surface area contributed by atoms with Crippen molar-refractivity contribution in [2.75, 3.05) is 31.1 Å². The van der Waals surface area contributed by atoms with Crippen molar-refractivity contribution in [3.63, 3.8) is 0 Å². The predicted molar refractivity (Wildman–Crippen MR) is 107 cm³/mol. The van der Waals surface area contributed by atoms with E-state index in [0.29, 0.717) is 20.2 Å². The van der Waals surface area contributed by atoms with Crippen LogP contribution >= 0.6 is 34.7 Å². The summed E-state index contributed by atoms with van der Waals surface area (Å²) in [5.41, 5.74) is 1.65. The minimum atomic E-state index is -1.04. The molecular weight excluding hydrogens is 408 g/mol. The fourth-order valence-electron chi connectivity index (χ4n) is 2.95. The number of carboxylic acid groups (broad SMARTS) is 1. The van der Waals surface area contributed by atoms with Crippen LogP contribution in [0.25, 0.3) is 11.0 Å². The number of rotatable bonds is 5. The summed E-state index contributed by atoms with van der Waals surface area (Å²) in [5.74, 6) is -0.236. The van der Waals surface area contributed by atoms with Gasteiger partial charge in [0.05, 0.1) is 10.4 Å². The number of hydrogen-bond donors (Lipinski definition) is 3. The highest BCUT2D eigenvalue weighted by atomic mass is 35.5. The second-order valence-electron chi connectivity index (χ2n) is 5.97. The molecule has 3 N–H and O–H groups in total. The van der Waals surface area contributed by atoms with E-state index in [0.717, 1.165) is 49.5 Å². The van der Waals surface area contributed by atoms with E-state index < -0.39 is 5.97 Å². The molecule has 0 bridgehead atoms. The zero-order valence-electron chi connectivity index (χ0n) is 14.5. The normalized spacial score (nSPS) is 14.8. The van der Waals surface area contributed by atoms with Crippen LogP contribution in [0.15, 0.2) is 14.9 Å². The smallest absolute Gasteiger partial charge is 0.355 e. The highest BCUT2D eigenvalue weighted by Gasteiger charge is 2.23. The summed E-state index contributed by atoms with van der Waals surface area (Å²) in [6, 6.07) is 0. The number of thiazole rings is 1. The monoisotopic (exact) mass is 424 g/mol. The van der Waals surface area contributed by atoms with Crippen LogP contribution in [-0.4, -0.2) is 57.2 Å². The number of nitrogens with zero attached hydrogens (tertiary/aromatic N) is 4. The third-order valence-corrected chi connectivity index (χ3v) is 6.49. The Morgan fingerprint density at radius 2 is 2.15 bits per heavy atom. The number of aromatic amines is 1. The summed E-state index contributed by atoms with van der Waals surface area (Å²) in [5, 5.41) is 15.9. The Labute approximate surface area is 168 Å². The number of carboxylic acids is 1. The van der Waals surface area contributed by atoms with Gasteiger partial charge in [-0.05, 0) is 18.2 Å². The molecule has 0 atom stereocenters. The van der Waals surface area contributed by atoms with Crippen molar-refractivity contribution in [1.29, 1.82) is 0 Å². The van der Waals surface area contributed by atoms with Crippen molar-refractivity contribution in [2.45, 2.75) is 22.8 Å². The highest BCUT2D eigenvalue weighted by Crippen LogP contribution is 2.37. The van der Waals surface area contributed by atoms with Crippen molar-refractivity contribution < 1.29 is 9.90 Å². The van der Waals surface area contributed by atoms with Gasteiger partial charge in [-0.15, -0.1) is 11.3 Å². The van der Waals surface area contributed by atoms with E-state index in [1.807, 2.05) is 6.92 Å². The summed E-state index contributed by atoms with van der Waals surface area (Å²) in [7, 11) is 0. The van der Waals surface area contributed by atoms with E-state index in [1.54, 1.807) is 0 Å². The minimum absolute atomic E-state index is 0.0297. The quantitative estimate of drug-likeness (QED) is 0.536. The molecule has 0 aliphatic carbocycles. The number of piperazine rings is 1. The molecule has 4 rings (SSSR count). The van der Waals surface area contributed by atoms with E-state index >= 15 is 0 Å². The molecule has 27 heavy (non-hydrogen) atoms. The Morgan fingerprint density at radius 1 is 1.37 bits per heavy atom. The van der Waals surface area contributed by atoms with E-state index in [-0.39, 0.29) is 5.69 Å². The first-order valence-electron chi connectivity index (χ1n) is 8.47. The number of aryl methyl sites for hydroxylation is 1. The average molecular weight is 425 g/mol. The van der Waals surface area contributed by atoms with Crippen LogP contribution in [0.2, 0.25) is 5.02 Å². The van der Waals surface area contributed by atoms with Crippen LogP contribution in [0, 0.1) is 0 Å². The Balaban J connectivity index is 1.77. The SMILES string of the molecule is CCc1[nH]c2nc(Sc3nc(C(=O)O)cs3)nc(N3CCNCC3)c2c1Cl. The number of nitrogens with one attached hydrogen (secondary N) is 2. The fourth-order valence-corrected chi connectivity index (χ4v) is 4.95. The van der Waals surface area contributed by atoms with Gasteiger partial charge in [0.2, 0.25) is 0 Å². The van der Waals surface area contributed by atoms with E-state index in [9.17, 15) is 4.79 Å². The molecule has 0 aromatic carbocycles. The van der Waals surface area contributed by atoms with Gasteiger partial charge in [0.15, 0.2) is 15.2 Å². The maximum atomic E-state index is 11.0. The van der Waals surface area contributed by atoms with Crippen LogP contribution in [0.5, 0.6) is 0 Å². The second-order valence-corrected chi connectivity index (χ2v) is 8.42. The molecule has 0 radical (unpaired) electrons. The molecule has 0 amide bonds. The molecule has 1 aliphatic heterocycles. The Hall–Kier alpha value is -1.88. The van der Waals surface area contributed by atoms with Gasteiger partial charge in [-0.2, -0.15) is 0 Å². The Kier molecular flexibility index (Phi) is 5.22. The fraction of sp³-hybridized carbons (Fsp3) is 0.375. The number of hydrogen-bond acceptors (Lipinski definition) is 8. The molecular formula is C16H17ClN6O2S2. The molecule has 4 heterocycles. The van der Waals surface area contributed by atoms with E-state index in [1.165, 1.54) is 28.5 Å². The first-order chi connectivity index (χ1) is 13.1. The minimum Gasteiger partial charge on any atom is -0.476 e. The van der Waals surface area contributed by atoms with Gasteiger partial charge in [-0.1, -0.05) is 18.5 Å². The second kappa shape index (κ2) is 7.63. The van der Waals surface area contributed by atoms with Gasteiger partial charge in [-0.25, -0.2) is 19.7 Å². The zero-order valence-corrected chi connectivity index (χ0v) is 16.8. The number of fused-ring (bicyclic) bond motifs is 1. The molecule has 1 aliphatic rings. The summed E-state index contributed by atoms with van der Waals surface area (Å²) in [6.45, 7) is 5.46. The van der Waals surface area contributed by atoms with Gasteiger partial charge < -0.3 is 20.3 Å². The number of aromatic carboxylic acids is 1. The Bertz CT molecular complexity index is 998. The lowest BCUT2D eigenvalue weighted by Crippen LogP contribution is -2.44. The summed E-state index contributed by atoms with van der Waals surface area (Å²) in [4.78, 5) is 30.0. The summed E-state index contributed by atoms with van der Waals surface area (Å²) >= 11 is 9.12. The van der Waals surface area contributed by atoms with Crippen LogP contribution in [0.3, 0.4) is 0 Å². The number of H-pyrrole nitrogens is 1. The van der Waals surface area contributed by atoms with Crippen molar-refractivity contribution >= 4 is 57.5 Å². The van der Waals surface area contributed by atoms with E-state index in [4.69, 9.17) is 21.7 Å². The lowest BCUT2D eigenvalue weighted by atomic mass is 10.2. The van der Waals surface area contributed by atoms with Crippen LogP contribution in [0.4, 0.5) is 5.82 Å². The average Bonchev–Trinajstić information content (AvgIpc) is 3.26. The van der Waals surface area contributed by atoms with Gasteiger partial charge in [0, 0.05) is 37.3 Å². The molecule has 0 unspecified atom stereocenters. The maximum Gasteiger partial charge on any atom is 0.355 e. The van der Waals surface area contributed by atoms with Crippen molar-refractivity contribution in [3.05, 3.63) is 21.8 Å². The van der Waals surface area contributed by atoms with Gasteiger partial charge in [-0.3, -0.25) is 0 Å². The molecule has 8 nitrogen and oxygen atoms in total. The number of aromatic nitrogens is 4. The third kappa shape index (κ3) is 3.62. The van der Waals surface area contributed by atoms with Gasteiger partial charge >= 0.3 is 5.97 Å². The van der Waals surface area contributed by atoms with Crippen molar-refractivity contribution in [1.82, 2.24) is 25.3 Å². The molecule has 1 fully saturated rings. The van der Waals surface area contributed by atoms with Crippen molar-refractivity contribution in [3.8, 4) is 0 Å². The first kappa shape index (κ1) is 18.5. The van der Waals surface area contributed by atoms with Crippen LogP contribution < -0.4 is 10.2 Å². The van der Waals surface area contributed by atoms with Crippen LogP contribution in [-0.2, 0) is 6.42 Å². The Morgan fingerprint density at radius 3 is 2.81 bits per heavy atom. The molecule has 142 valence electrons. The molecule has 0 saturated carbocycles. The third-order valence-electron chi connectivity index (χ3n) is 4.27. The molecule has 1 saturated heterocycles. The lowest BCUT2D eigenvalue weighted by Gasteiger charge is -2.29. The molecule has 0 spiro atoms. The van der Waals surface area contributed by atoms with Crippen LogP contribution in [0.1, 0.15) is 23.1 Å². The number of anilines is 1. The first-order valence-corrected chi connectivity index (χ1v) is 10.5. The largest absolute Gasteiger partial charge is 0.476 e. The number of halogens is 1. The summed E-state index contributed by atoms with van der Waals surface area (Å²) < 4.78 is 0.589. The topological polar surface area (TPSA) is 107 Å². The van der Waals surface area contributed by atoms with Gasteiger partial charge in [0.1, 0.15) is 11.5 Å². The van der Waals surface area contributed by atoms with Crippen molar-refractivity contribution in [2.24, 2.45) is 0 Å². The summed E-state index contributed by atoms with van der Waals surface area (Å²) in [6.07, 6.45) is 0.771. The number of carbonyl (C=O) groups is 1. The van der Waals surface area contributed by atoms with Gasteiger partial charge in [0.25, 0.3) is 0 Å². The standard InChI is InChI=1S/C16H17ClN6O2S2/c1-2-8-11(17)10-12(19-8)21-15(22-13(10)23-5-3-18-4-6-23)27-16-20-9(7-26-16)14(24)25/h7,18H,2-6H2,1H3,(H,24,25)(H,19,21,22). The molecule has 3 aromatic rings. The zero-order chi connectivity index (χ0) is 19.0. The lowest BCUT2D eigenvalue weighted by molar-refractivity contribution is 0.0691. The highest BCUT2D eigenvalue weighted by molar-refractivity contribution is 8.00. The molecule has 11 heteroatoms. The predicted octanol–water partition coefficient (Wildman–Crippen LogP) is 2.89. The molecule has 3 aromatic heterocycles. The maximum absolute atomic E-state index is 11.0.